The number of carbonyl (C=O) groups is 1. The lowest BCUT2D eigenvalue weighted by Gasteiger charge is -2.05. The molecule has 3 nitrogen and oxygen atoms in total. The Labute approximate surface area is 114 Å². The second kappa shape index (κ2) is 6.31. The normalized spacial score (nSPS) is 10.1. The molecule has 0 unspecified atom stereocenters. The molecule has 92 valence electrons. The number of aromatic nitrogens is 1. The summed E-state index contributed by atoms with van der Waals surface area (Å²) in [5.74, 6) is -0.153. The number of benzene rings is 1. The third kappa shape index (κ3) is 3.40. The molecule has 0 aliphatic heterocycles. The quantitative estimate of drug-likeness (QED) is 0.883. The number of hydrogen-bond acceptors (Lipinski definition) is 2. The average Bonchev–Trinajstić information content (AvgIpc) is 2.46. The lowest BCUT2D eigenvalue weighted by molar-refractivity contribution is 0.0946. The summed E-state index contributed by atoms with van der Waals surface area (Å²) >= 11 is 3.40. The van der Waals surface area contributed by atoms with E-state index in [9.17, 15) is 4.79 Å². The smallest absolute Gasteiger partial charge is 0.270 e. The van der Waals surface area contributed by atoms with E-state index in [2.05, 4.69) is 26.2 Å². The summed E-state index contributed by atoms with van der Waals surface area (Å²) < 4.78 is 0. The molecule has 0 saturated heterocycles. The molecule has 0 radical (unpaired) electrons. The van der Waals surface area contributed by atoms with Crippen LogP contribution in [-0.2, 0) is 11.9 Å². The van der Waals surface area contributed by atoms with Crippen molar-refractivity contribution in [1.29, 1.82) is 0 Å². The van der Waals surface area contributed by atoms with Crippen LogP contribution in [0.1, 0.15) is 21.6 Å². The van der Waals surface area contributed by atoms with E-state index in [1.54, 1.807) is 24.4 Å². The summed E-state index contributed by atoms with van der Waals surface area (Å²) in [5.41, 5.74) is 2.73. The fourth-order valence-corrected chi connectivity index (χ4v) is 1.89. The van der Waals surface area contributed by atoms with E-state index in [1.165, 1.54) is 5.56 Å². The number of nitrogens with one attached hydrogen (secondary N) is 1. The van der Waals surface area contributed by atoms with Gasteiger partial charge < -0.3 is 5.32 Å². The Morgan fingerprint density at radius 3 is 2.44 bits per heavy atom. The highest BCUT2D eigenvalue weighted by molar-refractivity contribution is 9.08. The summed E-state index contributed by atoms with van der Waals surface area (Å²) in [7, 11) is 0. The van der Waals surface area contributed by atoms with Gasteiger partial charge >= 0.3 is 0 Å². The highest BCUT2D eigenvalue weighted by Crippen LogP contribution is 2.07. The van der Waals surface area contributed by atoms with Gasteiger partial charge in [-0.3, -0.25) is 9.78 Å². The molecule has 0 bridgehead atoms. The minimum atomic E-state index is -0.153. The maximum absolute atomic E-state index is 11.8. The van der Waals surface area contributed by atoms with E-state index < -0.39 is 0 Å². The van der Waals surface area contributed by atoms with Gasteiger partial charge in [-0.2, -0.15) is 0 Å². The molecule has 2 aromatic rings. The minimum absolute atomic E-state index is 0.153. The highest BCUT2D eigenvalue weighted by Gasteiger charge is 2.05. The summed E-state index contributed by atoms with van der Waals surface area (Å²) in [5, 5.41) is 3.68. The molecule has 4 heteroatoms. The first-order valence-electron chi connectivity index (χ1n) is 5.62. The molecule has 0 atom stereocenters. The van der Waals surface area contributed by atoms with Crippen LogP contribution < -0.4 is 5.32 Å². The van der Waals surface area contributed by atoms with Gasteiger partial charge in [-0.1, -0.05) is 46.3 Å². The van der Waals surface area contributed by atoms with Crippen molar-refractivity contribution < 1.29 is 4.79 Å². The first-order chi connectivity index (χ1) is 8.79. The number of pyridine rings is 1. The van der Waals surface area contributed by atoms with E-state index >= 15 is 0 Å². The molecule has 0 aliphatic rings. The van der Waals surface area contributed by atoms with E-state index in [0.717, 1.165) is 10.9 Å². The van der Waals surface area contributed by atoms with Crippen LogP contribution in [0.5, 0.6) is 0 Å². The highest BCUT2D eigenvalue weighted by atomic mass is 79.9. The second-order valence-electron chi connectivity index (χ2n) is 3.85. The van der Waals surface area contributed by atoms with Gasteiger partial charge in [0.1, 0.15) is 5.69 Å². The van der Waals surface area contributed by atoms with Gasteiger partial charge in [0, 0.05) is 18.1 Å². The Bertz CT molecular complexity index is 511. The number of rotatable bonds is 4. The van der Waals surface area contributed by atoms with Crippen molar-refractivity contribution in [2.75, 3.05) is 0 Å². The van der Waals surface area contributed by atoms with Crippen LogP contribution in [0.3, 0.4) is 0 Å². The average molecular weight is 305 g/mol. The maximum atomic E-state index is 11.8. The molecule has 1 aromatic heterocycles. The first-order valence-corrected chi connectivity index (χ1v) is 6.75. The maximum Gasteiger partial charge on any atom is 0.270 e. The molecule has 18 heavy (non-hydrogen) atoms. The lowest BCUT2D eigenvalue weighted by atomic mass is 10.1. The summed E-state index contributed by atoms with van der Waals surface area (Å²) in [6, 6.07) is 13.4. The van der Waals surface area contributed by atoms with Crippen LogP contribution in [0.25, 0.3) is 0 Å². The number of amides is 1. The van der Waals surface area contributed by atoms with Crippen molar-refractivity contribution in [2.24, 2.45) is 0 Å². The monoisotopic (exact) mass is 304 g/mol. The Morgan fingerprint density at radius 1 is 1.11 bits per heavy atom. The summed E-state index contributed by atoms with van der Waals surface area (Å²) in [6.07, 6.45) is 1.61. The Morgan fingerprint density at radius 2 is 1.83 bits per heavy atom. The Kier molecular flexibility index (Phi) is 4.47. The van der Waals surface area contributed by atoms with Gasteiger partial charge in [0.2, 0.25) is 0 Å². The predicted molar refractivity (Wildman–Crippen MR) is 74.5 cm³/mol. The largest absolute Gasteiger partial charge is 0.347 e. The van der Waals surface area contributed by atoms with Crippen LogP contribution in [0.15, 0.2) is 48.7 Å². The summed E-state index contributed by atoms with van der Waals surface area (Å²) in [4.78, 5) is 15.8. The molecular formula is C14H13BrN2O. The predicted octanol–water partition coefficient (Wildman–Crippen LogP) is 2.91. The molecule has 1 amide bonds. The number of hydrogen-bond donors (Lipinski definition) is 1. The van der Waals surface area contributed by atoms with Gasteiger partial charge in [-0.25, -0.2) is 0 Å². The fraction of sp³-hybridized carbons (Fsp3) is 0.143. The van der Waals surface area contributed by atoms with Crippen LogP contribution in [0.4, 0.5) is 0 Å². The number of nitrogens with zero attached hydrogens (tertiary/aromatic N) is 1. The van der Waals surface area contributed by atoms with E-state index in [-0.39, 0.29) is 5.91 Å². The Balaban J connectivity index is 1.93. The van der Waals surface area contributed by atoms with Crippen molar-refractivity contribution in [3.63, 3.8) is 0 Å². The van der Waals surface area contributed by atoms with Crippen molar-refractivity contribution in [2.45, 2.75) is 11.9 Å². The van der Waals surface area contributed by atoms with Crippen LogP contribution in [0.2, 0.25) is 0 Å². The van der Waals surface area contributed by atoms with Gasteiger partial charge in [-0.05, 0) is 23.3 Å². The van der Waals surface area contributed by atoms with E-state index in [1.807, 2.05) is 24.3 Å². The fourth-order valence-electron chi connectivity index (χ4n) is 1.52. The van der Waals surface area contributed by atoms with E-state index in [4.69, 9.17) is 0 Å². The van der Waals surface area contributed by atoms with Gasteiger partial charge in [0.15, 0.2) is 0 Å². The Hall–Kier alpha value is -1.68. The second-order valence-corrected chi connectivity index (χ2v) is 4.41. The van der Waals surface area contributed by atoms with Crippen molar-refractivity contribution >= 4 is 21.8 Å². The van der Waals surface area contributed by atoms with Crippen LogP contribution in [0, 0.1) is 0 Å². The molecule has 0 aliphatic carbocycles. The van der Waals surface area contributed by atoms with Crippen molar-refractivity contribution in [3.05, 3.63) is 65.5 Å². The van der Waals surface area contributed by atoms with Crippen LogP contribution in [-0.4, -0.2) is 10.9 Å². The molecule has 0 fully saturated rings. The lowest BCUT2D eigenvalue weighted by Crippen LogP contribution is -2.23. The third-order valence-corrected chi connectivity index (χ3v) is 3.18. The molecule has 0 spiro atoms. The molecular weight excluding hydrogens is 292 g/mol. The minimum Gasteiger partial charge on any atom is -0.347 e. The van der Waals surface area contributed by atoms with Gasteiger partial charge in [0.25, 0.3) is 5.91 Å². The zero-order valence-electron chi connectivity index (χ0n) is 9.77. The topological polar surface area (TPSA) is 42.0 Å². The molecule has 0 saturated carbocycles. The zero-order valence-corrected chi connectivity index (χ0v) is 11.4. The van der Waals surface area contributed by atoms with Gasteiger partial charge in [0.05, 0.1) is 0 Å². The molecule has 1 N–H and O–H groups in total. The van der Waals surface area contributed by atoms with E-state index in [0.29, 0.717) is 12.2 Å². The zero-order chi connectivity index (χ0) is 12.8. The number of halogens is 1. The van der Waals surface area contributed by atoms with Crippen LogP contribution >= 0.6 is 15.9 Å². The first kappa shape index (κ1) is 12.8. The summed E-state index contributed by atoms with van der Waals surface area (Å²) in [6.45, 7) is 0.512. The third-order valence-electron chi connectivity index (χ3n) is 2.53. The van der Waals surface area contributed by atoms with Gasteiger partial charge in [-0.15, -0.1) is 0 Å². The SMILES string of the molecule is O=C(NCc1ccc(CBr)cc1)c1ccccn1. The number of alkyl halides is 1. The molecule has 1 heterocycles. The van der Waals surface area contributed by atoms with Crippen molar-refractivity contribution in [3.8, 4) is 0 Å². The van der Waals surface area contributed by atoms with Crippen molar-refractivity contribution in [1.82, 2.24) is 10.3 Å². The molecule has 1 aromatic carbocycles. The number of carbonyl (C=O) groups excluding carboxylic acids is 1. The standard InChI is InChI=1S/C14H13BrN2O/c15-9-11-4-6-12(7-5-11)10-17-14(18)13-3-1-2-8-16-13/h1-8H,9-10H2,(H,17,18). The molecule has 2 rings (SSSR count).